The fourth-order valence-electron chi connectivity index (χ4n) is 4.17. The molecule has 158 valence electrons. The van der Waals surface area contributed by atoms with E-state index in [1.807, 2.05) is 0 Å². The van der Waals surface area contributed by atoms with Gasteiger partial charge < -0.3 is 20.3 Å². The van der Waals surface area contributed by atoms with Crippen molar-refractivity contribution in [3.05, 3.63) is 64.0 Å². The van der Waals surface area contributed by atoms with E-state index in [2.05, 4.69) is 5.32 Å². The molecule has 0 unspecified atom stereocenters. The lowest BCUT2D eigenvalue weighted by Crippen LogP contribution is -2.31. The monoisotopic (exact) mass is 411 g/mol. The van der Waals surface area contributed by atoms with Crippen molar-refractivity contribution in [2.45, 2.75) is 51.6 Å². The summed E-state index contributed by atoms with van der Waals surface area (Å²) in [6, 6.07) is 6.88. The molecular weight excluding hydrogens is 386 g/mol. The standard InChI is InChI=1S/C23H25NO6/c1-13-19(22(26)27)21(20(23(28)29)14(2)24-13)17-10-6-3-7-15(17)11-12-18(25)30-16-8-4-5-9-16/h3,6-7,10-12,16,21,24H,4-5,8-9H2,1-2H3,(H,26,27)(H,28,29). The zero-order chi connectivity index (χ0) is 21.8. The maximum Gasteiger partial charge on any atom is 0.334 e. The first-order valence-corrected chi connectivity index (χ1v) is 9.92. The second-order valence-electron chi connectivity index (χ2n) is 7.55. The van der Waals surface area contributed by atoms with E-state index in [9.17, 15) is 24.6 Å². The van der Waals surface area contributed by atoms with Crippen LogP contribution in [0.2, 0.25) is 0 Å². The van der Waals surface area contributed by atoms with Crippen molar-refractivity contribution in [3.8, 4) is 0 Å². The number of benzene rings is 1. The second-order valence-corrected chi connectivity index (χ2v) is 7.55. The minimum Gasteiger partial charge on any atom is -0.478 e. The lowest BCUT2D eigenvalue weighted by Gasteiger charge is -2.29. The SMILES string of the molecule is CC1=C(C(=O)O)C(c2ccccc2C=CC(=O)OC2CCCC2)C(C(=O)O)=C(C)N1. The van der Waals surface area contributed by atoms with Crippen molar-refractivity contribution in [2.75, 3.05) is 0 Å². The molecule has 30 heavy (non-hydrogen) atoms. The first kappa shape index (κ1) is 21.4. The Morgan fingerprint density at radius 2 is 1.57 bits per heavy atom. The lowest BCUT2D eigenvalue weighted by atomic mass is 9.78. The van der Waals surface area contributed by atoms with E-state index < -0.39 is 23.8 Å². The summed E-state index contributed by atoms with van der Waals surface area (Å²) in [6.07, 6.45) is 6.63. The Balaban J connectivity index is 2.00. The molecule has 0 radical (unpaired) electrons. The Labute approximate surface area is 174 Å². The summed E-state index contributed by atoms with van der Waals surface area (Å²) in [7, 11) is 0. The van der Waals surface area contributed by atoms with Crippen LogP contribution in [0.3, 0.4) is 0 Å². The topological polar surface area (TPSA) is 113 Å². The van der Waals surface area contributed by atoms with Crippen molar-refractivity contribution < 1.29 is 29.3 Å². The maximum absolute atomic E-state index is 12.2. The van der Waals surface area contributed by atoms with E-state index >= 15 is 0 Å². The molecule has 1 aliphatic carbocycles. The van der Waals surface area contributed by atoms with Crippen molar-refractivity contribution >= 4 is 24.0 Å². The van der Waals surface area contributed by atoms with Gasteiger partial charge in [0.25, 0.3) is 0 Å². The number of carbonyl (C=O) groups is 3. The molecule has 1 aliphatic heterocycles. The Kier molecular flexibility index (Phi) is 6.40. The summed E-state index contributed by atoms with van der Waals surface area (Å²) in [4.78, 5) is 36.2. The third-order valence-electron chi connectivity index (χ3n) is 5.51. The van der Waals surface area contributed by atoms with Crippen LogP contribution in [-0.4, -0.2) is 34.2 Å². The third kappa shape index (κ3) is 4.45. The molecule has 1 aromatic carbocycles. The molecule has 7 heteroatoms. The van der Waals surface area contributed by atoms with Gasteiger partial charge in [-0.1, -0.05) is 24.3 Å². The largest absolute Gasteiger partial charge is 0.478 e. The van der Waals surface area contributed by atoms with Gasteiger partial charge in [-0.05, 0) is 56.7 Å². The number of ether oxygens (including phenoxy) is 1. The number of dihydropyridines is 1. The number of rotatable bonds is 6. The molecule has 0 amide bonds. The molecule has 0 spiro atoms. The van der Waals surface area contributed by atoms with Gasteiger partial charge in [-0.2, -0.15) is 0 Å². The molecule has 1 fully saturated rings. The molecule has 1 saturated carbocycles. The van der Waals surface area contributed by atoms with E-state index in [1.165, 1.54) is 6.08 Å². The summed E-state index contributed by atoms with van der Waals surface area (Å²) in [5.41, 5.74) is 1.76. The predicted octanol–water partition coefficient (Wildman–Crippen LogP) is 3.59. The van der Waals surface area contributed by atoms with Crippen molar-refractivity contribution in [2.24, 2.45) is 0 Å². The number of esters is 1. The zero-order valence-corrected chi connectivity index (χ0v) is 17.0. The fourth-order valence-corrected chi connectivity index (χ4v) is 4.17. The smallest absolute Gasteiger partial charge is 0.334 e. The molecular formula is C23H25NO6. The summed E-state index contributed by atoms with van der Waals surface area (Å²) < 4.78 is 5.43. The third-order valence-corrected chi connectivity index (χ3v) is 5.51. The van der Waals surface area contributed by atoms with E-state index in [0.29, 0.717) is 22.5 Å². The Morgan fingerprint density at radius 3 is 2.13 bits per heavy atom. The maximum atomic E-state index is 12.2. The lowest BCUT2D eigenvalue weighted by molar-refractivity contribution is -0.142. The van der Waals surface area contributed by atoms with Gasteiger partial charge in [0.1, 0.15) is 6.10 Å². The van der Waals surface area contributed by atoms with Crippen LogP contribution in [0.25, 0.3) is 6.08 Å². The Bertz CT molecular complexity index is 930. The first-order valence-electron chi connectivity index (χ1n) is 9.92. The second kappa shape index (κ2) is 8.98. The highest BCUT2D eigenvalue weighted by Crippen LogP contribution is 2.40. The normalized spacial score (nSPS) is 18.1. The average Bonchev–Trinajstić information content (AvgIpc) is 3.18. The van der Waals surface area contributed by atoms with E-state index in [-0.39, 0.29) is 17.3 Å². The highest BCUT2D eigenvalue weighted by Gasteiger charge is 2.37. The van der Waals surface area contributed by atoms with Crippen LogP contribution in [0.4, 0.5) is 0 Å². The van der Waals surface area contributed by atoms with Crippen molar-refractivity contribution in [1.29, 1.82) is 0 Å². The number of carboxylic acids is 2. The number of carboxylic acid groups (broad SMARTS) is 2. The molecule has 0 aromatic heterocycles. The molecule has 1 heterocycles. The van der Waals surface area contributed by atoms with Gasteiger partial charge in [0.15, 0.2) is 0 Å². The molecule has 7 nitrogen and oxygen atoms in total. The number of aliphatic carboxylic acids is 2. The van der Waals surface area contributed by atoms with Gasteiger partial charge in [-0.3, -0.25) is 0 Å². The van der Waals surface area contributed by atoms with Crippen LogP contribution in [0.1, 0.15) is 56.6 Å². The number of hydrogen-bond donors (Lipinski definition) is 3. The van der Waals surface area contributed by atoms with Crippen LogP contribution in [0, 0.1) is 0 Å². The molecule has 3 rings (SSSR count). The van der Waals surface area contributed by atoms with Crippen LogP contribution in [0.15, 0.2) is 52.9 Å². The molecule has 0 bridgehead atoms. The minimum atomic E-state index is -1.20. The van der Waals surface area contributed by atoms with E-state index in [4.69, 9.17) is 4.74 Å². The highest BCUT2D eigenvalue weighted by molar-refractivity contribution is 5.99. The van der Waals surface area contributed by atoms with Gasteiger partial charge in [0.2, 0.25) is 0 Å². The van der Waals surface area contributed by atoms with Crippen LogP contribution in [-0.2, 0) is 19.1 Å². The Morgan fingerprint density at radius 1 is 1.00 bits per heavy atom. The number of carbonyl (C=O) groups excluding carboxylic acids is 1. The average molecular weight is 411 g/mol. The number of nitrogens with one attached hydrogen (secondary N) is 1. The predicted molar refractivity (Wildman–Crippen MR) is 110 cm³/mol. The first-order chi connectivity index (χ1) is 14.3. The number of allylic oxidation sites excluding steroid dienone is 2. The van der Waals surface area contributed by atoms with Gasteiger partial charge in [-0.15, -0.1) is 0 Å². The van der Waals surface area contributed by atoms with Crippen LogP contribution < -0.4 is 5.32 Å². The molecule has 2 aliphatic rings. The van der Waals surface area contributed by atoms with Crippen molar-refractivity contribution in [1.82, 2.24) is 5.32 Å². The molecule has 3 N–H and O–H groups in total. The van der Waals surface area contributed by atoms with Gasteiger partial charge >= 0.3 is 17.9 Å². The van der Waals surface area contributed by atoms with Crippen LogP contribution in [0.5, 0.6) is 0 Å². The van der Waals surface area contributed by atoms with Gasteiger partial charge in [0.05, 0.1) is 17.1 Å². The van der Waals surface area contributed by atoms with E-state index in [0.717, 1.165) is 25.7 Å². The summed E-state index contributed by atoms with van der Waals surface area (Å²) in [5, 5.41) is 22.4. The molecule has 1 aromatic rings. The number of hydrogen-bond acceptors (Lipinski definition) is 5. The Hall–Kier alpha value is -3.35. The van der Waals surface area contributed by atoms with Crippen molar-refractivity contribution in [3.63, 3.8) is 0 Å². The van der Waals surface area contributed by atoms with E-state index in [1.54, 1.807) is 44.2 Å². The fraction of sp³-hybridized carbons (Fsp3) is 0.348. The highest BCUT2D eigenvalue weighted by atomic mass is 16.5. The quantitative estimate of drug-likeness (QED) is 0.484. The van der Waals surface area contributed by atoms with Crippen LogP contribution >= 0.6 is 0 Å². The summed E-state index contributed by atoms with van der Waals surface area (Å²) in [6.45, 7) is 3.21. The minimum absolute atomic E-state index is 0.0348. The molecule has 0 atom stereocenters. The zero-order valence-electron chi connectivity index (χ0n) is 17.0. The van der Waals surface area contributed by atoms with Gasteiger partial charge in [-0.25, -0.2) is 14.4 Å². The summed E-state index contributed by atoms with van der Waals surface area (Å²) >= 11 is 0. The summed E-state index contributed by atoms with van der Waals surface area (Å²) in [5.74, 6) is -3.84. The molecule has 0 saturated heterocycles. The van der Waals surface area contributed by atoms with Gasteiger partial charge in [0, 0.05) is 17.5 Å².